The van der Waals surface area contributed by atoms with Crippen LogP contribution < -0.4 is 10.1 Å². The van der Waals surface area contributed by atoms with E-state index in [0.29, 0.717) is 6.61 Å². The van der Waals surface area contributed by atoms with Gasteiger partial charge in [-0.1, -0.05) is 24.3 Å². The van der Waals surface area contributed by atoms with Crippen molar-refractivity contribution < 1.29 is 9.53 Å². The Morgan fingerprint density at radius 1 is 1.22 bits per heavy atom. The molecule has 2 aromatic rings. The van der Waals surface area contributed by atoms with Gasteiger partial charge in [0.05, 0.1) is 18.7 Å². The predicted molar refractivity (Wildman–Crippen MR) is 90.8 cm³/mol. The van der Waals surface area contributed by atoms with Gasteiger partial charge in [0.2, 0.25) is 0 Å². The molecule has 3 heterocycles. The highest BCUT2D eigenvalue weighted by atomic mass is 32.1. The van der Waals surface area contributed by atoms with E-state index in [0.717, 1.165) is 37.1 Å². The number of amides is 2. The maximum Gasteiger partial charge on any atom is 0.318 e. The van der Waals surface area contributed by atoms with Crippen LogP contribution in [0.5, 0.6) is 5.75 Å². The maximum atomic E-state index is 12.8. The first kappa shape index (κ1) is 14.6. The standard InChI is InChI=1S/C18H20N2O2S/c21-18(20-10-3-6-15(20)17-8-4-12-23-17)19-14-9-11-22-16-7-2-1-5-13(14)16/h1-2,4-5,7-8,12,14-15H,3,6,9-11H2,(H,19,21)/t14-,15-/m0/s1. The Bertz CT molecular complexity index is 686. The van der Waals surface area contributed by atoms with Gasteiger partial charge in [0, 0.05) is 23.4 Å². The van der Waals surface area contributed by atoms with Crippen molar-refractivity contribution in [2.45, 2.75) is 31.3 Å². The largest absolute Gasteiger partial charge is 0.493 e. The number of benzene rings is 1. The number of hydrogen-bond acceptors (Lipinski definition) is 3. The van der Waals surface area contributed by atoms with Crippen molar-refractivity contribution in [3.63, 3.8) is 0 Å². The molecule has 2 aliphatic rings. The topological polar surface area (TPSA) is 41.6 Å². The number of para-hydroxylation sites is 1. The third-order valence-corrected chi connectivity index (χ3v) is 5.62. The molecule has 1 saturated heterocycles. The van der Waals surface area contributed by atoms with Gasteiger partial charge >= 0.3 is 6.03 Å². The van der Waals surface area contributed by atoms with Crippen LogP contribution in [0.15, 0.2) is 41.8 Å². The van der Waals surface area contributed by atoms with Gasteiger partial charge in [0.15, 0.2) is 0 Å². The molecule has 2 amide bonds. The van der Waals surface area contributed by atoms with E-state index < -0.39 is 0 Å². The van der Waals surface area contributed by atoms with Crippen LogP contribution in [0.25, 0.3) is 0 Å². The predicted octanol–water partition coefficient (Wildman–Crippen LogP) is 4.12. The van der Waals surface area contributed by atoms with Gasteiger partial charge in [0.25, 0.3) is 0 Å². The number of ether oxygens (including phenoxy) is 1. The zero-order chi connectivity index (χ0) is 15.6. The summed E-state index contributed by atoms with van der Waals surface area (Å²) < 4.78 is 5.68. The molecule has 4 rings (SSSR count). The fourth-order valence-corrected chi connectivity index (χ4v) is 4.38. The third kappa shape index (κ3) is 2.81. The van der Waals surface area contributed by atoms with Crippen molar-refractivity contribution in [3.8, 4) is 5.75 Å². The fraction of sp³-hybridized carbons (Fsp3) is 0.389. The van der Waals surface area contributed by atoms with Crippen LogP contribution in [0.2, 0.25) is 0 Å². The number of rotatable bonds is 2. The summed E-state index contributed by atoms with van der Waals surface area (Å²) in [6.45, 7) is 1.48. The van der Waals surface area contributed by atoms with Gasteiger partial charge in [-0.2, -0.15) is 0 Å². The molecule has 0 unspecified atom stereocenters. The summed E-state index contributed by atoms with van der Waals surface area (Å²) in [6.07, 6.45) is 2.94. The van der Waals surface area contributed by atoms with Crippen molar-refractivity contribution in [2.75, 3.05) is 13.2 Å². The molecule has 2 atom stereocenters. The highest BCUT2D eigenvalue weighted by molar-refractivity contribution is 7.10. The zero-order valence-corrected chi connectivity index (χ0v) is 13.7. The lowest BCUT2D eigenvalue weighted by molar-refractivity contribution is 0.182. The Morgan fingerprint density at radius 3 is 3.00 bits per heavy atom. The Morgan fingerprint density at radius 2 is 2.13 bits per heavy atom. The summed E-state index contributed by atoms with van der Waals surface area (Å²) >= 11 is 1.73. The number of carbonyl (C=O) groups excluding carboxylic acids is 1. The van der Waals surface area contributed by atoms with Crippen LogP contribution in [0, 0.1) is 0 Å². The third-order valence-electron chi connectivity index (χ3n) is 4.64. The molecule has 5 heteroatoms. The molecule has 4 nitrogen and oxygen atoms in total. The number of nitrogens with one attached hydrogen (secondary N) is 1. The fourth-order valence-electron chi connectivity index (χ4n) is 3.51. The average molecular weight is 328 g/mol. The van der Waals surface area contributed by atoms with Crippen LogP contribution in [0.3, 0.4) is 0 Å². The first-order chi connectivity index (χ1) is 11.3. The molecular weight excluding hydrogens is 308 g/mol. The van der Waals surface area contributed by atoms with E-state index in [1.54, 1.807) is 11.3 Å². The second-order valence-electron chi connectivity index (χ2n) is 6.04. The summed E-state index contributed by atoms with van der Waals surface area (Å²) in [7, 11) is 0. The summed E-state index contributed by atoms with van der Waals surface area (Å²) in [5, 5.41) is 5.30. The molecule has 1 N–H and O–H groups in total. The number of urea groups is 1. The minimum absolute atomic E-state index is 0.0389. The number of hydrogen-bond donors (Lipinski definition) is 1. The first-order valence-electron chi connectivity index (χ1n) is 8.15. The lowest BCUT2D eigenvalue weighted by atomic mass is 10.0. The maximum absolute atomic E-state index is 12.8. The molecule has 0 radical (unpaired) electrons. The molecular formula is C18H20N2O2S. The molecule has 120 valence electrons. The van der Waals surface area contributed by atoms with E-state index in [1.165, 1.54) is 4.88 Å². The first-order valence-corrected chi connectivity index (χ1v) is 9.03. The van der Waals surface area contributed by atoms with Gasteiger partial charge in [-0.05, 0) is 30.4 Å². The highest BCUT2D eigenvalue weighted by Crippen LogP contribution is 2.36. The van der Waals surface area contributed by atoms with Crippen LogP contribution in [-0.4, -0.2) is 24.1 Å². The molecule has 0 spiro atoms. The van der Waals surface area contributed by atoms with Gasteiger partial charge in [0.1, 0.15) is 5.75 Å². The average Bonchev–Trinajstić information content (AvgIpc) is 3.26. The zero-order valence-electron chi connectivity index (χ0n) is 12.9. The highest BCUT2D eigenvalue weighted by Gasteiger charge is 2.32. The van der Waals surface area contributed by atoms with Crippen molar-refractivity contribution >= 4 is 17.4 Å². The minimum Gasteiger partial charge on any atom is -0.493 e. The number of likely N-dealkylation sites (tertiary alicyclic amines) is 1. The SMILES string of the molecule is O=C(N[C@H]1CCOc2ccccc21)N1CCC[C@H]1c1cccs1. The van der Waals surface area contributed by atoms with Gasteiger partial charge in [-0.25, -0.2) is 4.79 Å². The molecule has 0 bridgehead atoms. The van der Waals surface area contributed by atoms with Crippen LogP contribution >= 0.6 is 11.3 Å². The summed E-state index contributed by atoms with van der Waals surface area (Å²) in [4.78, 5) is 16.1. The van der Waals surface area contributed by atoms with E-state index in [2.05, 4.69) is 22.8 Å². The van der Waals surface area contributed by atoms with Gasteiger partial charge < -0.3 is 15.0 Å². The van der Waals surface area contributed by atoms with Crippen LogP contribution in [-0.2, 0) is 0 Å². The normalized spacial score (nSPS) is 23.2. The number of fused-ring (bicyclic) bond motifs is 1. The summed E-state index contributed by atoms with van der Waals surface area (Å²) in [6, 6.07) is 12.5. The minimum atomic E-state index is 0.0389. The molecule has 1 aromatic carbocycles. The monoisotopic (exact) mass is 328 g/mol. The molecule has 1 aromatic heterocycles. The Labute approximate surface area is 140 Å². The van der Waals surface area contributed by atoms with Crippen LogP contribution in [0.1, 0.15) is 41.8 Å². The second kappa shape index (κ2) is 6.24. The lowest BCUT2D eigenvalue weighted by Gasteiger charge is -2.30. The van der Waals surface area contributed by atoms with Crippen molar-refractivity contribution in [3.05, 3.63) is 52.2 Å². The number of thiophene rings is 1. The summed E-state index contributed by atoms with van der Waals surface area (Å²) in [5.74, 6) is 0.889. The smallest absolute Gasteiger partial charge is 0.318 e. The molecule has 0 aliphatic carbocycles. The Hall–Kier alpha value is -2.01. The van der Waals surface area contributed by atoms with E-state index in [1.807, 2.05) is 29.2 Å². The van der Waals surface area contributed by atoms with Crippen molar-refractivity contribution in [1.82, 2.24) is 10.2 Å². The molecule has 1 fully saturated rings. The quantitative estimate of drug-likeness (QED) is 0.901. The van der Waals surface area contributed by atoms with Crippen LogP contribution in [0.4, 0.5) is 4.79 Å². The Kier molecular flexibility index (Phi) is 3.95. The van der Waals surface area contributed by atoms with E-state index in [4.69, 9.17) is 4.74 Å². The second-order valence-corrected chi connectivity index (χ2v) is 7.02. The molecule has 23 heavy (non-hydrogen) atoms. The van der Waals surface area contributed by atoms with Gasteiger partial charge in [-0.3, -0.25) is 0 Å². The number of nitrogens with zero attached hydrogens (tertiary/aromatic N) is 1. The van der Waals surface area contributed by atoms with Crippen molar-refractivity contribution in [1.29, 1.82) is 0 Å². The lowest BCUT2D eigenvalue weighted by Crippen LogP contribution is -2.42. The van der Waals surface area contributed by atoms with E-state index in [9.17, 15) is 4.79 Å². The van der Waals surface area contributed by atoms with Gasteiger partial charge in [-0.15, -0.1) is 11.3 Å². The Balaban J connectivity index is 1.50. The summed E-state index contributed by atoms with van der Waals surface area (Å²) in [5.41, 5.74) is 1.08. The molecule has 0 saturated carbocycles. The molecule has 2 aliphatic heterocycles. The van der Waals surface area contributed by atoms with E-state index >= 15 is 0 Å². The number of carbonyl (C=O) groups is 1. The van der Waals surface area contributed by atoms with E-state index in [-0.39, 0.29) is 18.1 Å². The van der Waals surface area contributed by atoms with Crippen molar-refractivity contribution in [2.24, 2.45) is 0 Å².